The van der Waals surface area contributed by atoms with E-state index in [1.807, 2.05) is 13.8 Å². The van der Waals surface area contributed by atoms with Crippen molar-refractivity contribution < 1.29 is 38.1 Å². The van der Waals surface area contributed by atoms with Gasteiger partial charge in [-0.25, -0.2) is 4.39 Å². The minimum Gasteiger partial charge on any atom is -0.457 e. The van der Waals surface area contributed by atoms with Gasteiger partial charge in [-0.15, -0.1) is 0 Å². The molecule has 4 aliphatic rings. The number of aliphatic hydroxyl groups excluding tert-OH is 1. The quantitative estimate of drug-likeness (QED) is 0.490. The van der Waals surface area contributed by atoms with Gasteiger partial charge < -0.3 is 14.6 Å². The Kier molecular flexibility index (Phi) is 7.29. The number of fused-ring (bicyclic) bond motifs is 5. The van der Waals surface area contributed by atoms with E-state index >= 15 is 4.39 Å². The molecule has 0 aliphatic heterocycles. The normalized spacial score (nSPS) is 42.2. The standard InChI is InChI=1S/C28H37FO7S/c1-6-23(33)36-28(22(32)14-35-24(34)15-37-5)16(2)11-20-19-8-7-17-12-18(30)9-10-25(17,3)27(19,29)21(31)13-26(20,28)4/h9-10,12,16,19-21,31H,6-8,11,13-15H2,1-5H3/t16-,19-,20-,21-,25-,26-,27-,28-/m0/s1. The number of halogens is 1. The minimum atomic E-state index is -2.06. The predicted octanol–water partition coefficient (Wildman–Crippen LogP) is 3.77. The SMILES string of the molecule is CCC(=O)O[C@]1(C(=O)COC(=O)CSC)[C@@H](C)C[C@H]2[C@@H]3CCC4=CC(=O)C=C[C@]4(C)[C@@]3(F)[C@@H](O)C[C@@]21C. The Balaban J connectivity index is 1.77. The Morgan fingerprint density at radius 3 is 2.57 bits per heavy atom. The fourth-order valence-electron chi connectivity index (χ4n) is 8.06. The molecule has 37 heavy (non-hydrogen) atoms. The van der Waals surface area contributed by atoms with Crippen molar-refractivity contribution in [1.82, 2.24) is 0 Å². The lowest BCUT2D eigenvalue weighted by Gasteiger charge is -2.62. The molecule has 0 spiro atoms. The second kappa shape index (κ2) is 9.63. The highest BCUT2D eigenvalue weighted by molar-refractivity contribution is 7.99. The predicted molar refractivity (Wildman–Crippen MR) is 136 cm³/mol. The first-order valence-corrected chi connectivity index (χ1v) is 14.4. The van der Waals surface area contributed by atoms with Gasteiger partial charge in [-0.3, -0.25) is 19.2 Å². The first-order valence-electron chi connectivity index (χ1n) is 13.0. The highest BCUT2D eigenvalue weighted by atomic mass is 32.2. The lowest BCUT2D eigenvalue weighted by Crippen LogP contribution is -2.70. The summed E-state index contributed by atoms with van der Waals surface area (Å²) in [6.45, 7) is 6.43. The highest BCUT2D eigenvalue weighted by Gasteiger charge is 2.77. The number of esters is 2. The number of hydrogen-bond acceptors (Lipinski definition) is 8. The molecular weight excluding hydrogens is 499 g/mol. The zero-order valence-electron chi connectivity index (χ0n) is 22.2. The Morgan fingerprint density at radius 1 is 1.22 bits per heavy atom. The van der Waals surface area contributed by atoms with Crippen molar-refractivity contribution in [2.75, 3.05) is 18.6 Å². The molecule has 4 rings (SSSR count). The molecule has 0 bridgehead atoms. The summed E-state index contributed by atoms with van der Waals surface area (Å²) in [6.07, 6.45) is 5.95. The molecule has 9 heteroatoms. The van der Waals surface area contributed by atoms with Crippen LogP contribution in [-0.4, -0.2) is 64.6 Å². The summed E-state index contributed by atoms with van der Waals surface area (Å²) in [5, 5.41) is 11.6. The zero-order chi connectivity index (χ0) is 27.4. The third-order valence-corrected chi connectivity index (χ3v) is 10.3. The molecule has 4 aliphatic carbocycles. The molecule has 0 saturated heterocycles. The molecule has 3 saturated carbocycles. The van der Waals surface area contributed by atoms with E-state index in [1.165, 1.54) is 23.9 Å². The number of allylic oxidation sites excluding steroid dienone is 4. The van der Waals surface area contributed by atoms with Gasteiger partial charge in [0.15, 0.2) is 23.7 Å². The van der Waals surface area contributed by atoms with E-state index in [9.17, 15) is 24.3 Å². The summed E-state index contributed by atoms with van der Waals surface area (Å²) in [5.74, 6) is -3.24. The van der Waals surface area contributed by atoms with E-state index in [2.05, 4.69) is 0 Å². The van der Waals surface area contributed by atoms with Gasteiger partial charge in [0, 0.05) is 29.1 Å². The van der Waals surface area contributed by atoms with E-state index in [-0.39, 0.29) is 30.3 Å². The highest BCUT2D eigenvalue weighted by Crippen LogP contribution is 2.71. The lowest BCUT2D eigenvalue weighted by atomic mass is 9.44. The monoisotopic (exact) mass is 536 g/mol. The van der Waals surface area contributed by atoms with Crippen LogP contribution in [0.4, 0.5) is 4.39 Å². The Bertz CT molecular complexity index is 1070. The summed E-state index contributed by atoms with van der Waals surface area (Å²) >= 11 is 1.27. The average molecular weight is 537 g/mol. The lowest BCUT2D eigenvalue weighted by molar-refractivity contribution is -0.228. The Morgan fingerprint density at radius 2 is 1.92 bits per heavy atom. The molecule has 0 radical (unpaired) electrons. The van der Waals surface area contributed by atoms with Crippen molar-refractivity contribution in [2.45, 2.75) is 77.2 Å². The topological polar surface area (TPSA) is 107 Å². The number of hydrogen-bond donors (Lipinski definition) is 1. The second-order valence-corrected chi connectivity index (χ2v) is 12.3. The van der Waals surface area contributed by atoms with Crippen LogP contribution >= 0.6 is 11.8 Å². The summed E-state index contributed by atoms with van der Waals surface area (Å²) in [4.78, 5) is 50.7. The van der Waals surface area contributed by atoms with Gasteiger partial charge in [0.1, 0.15) is 0 Å². The van der Waals surface area contributed by atoms with Gasteiger partial charge in [-0.1, -0.05) is 32.4 Å². The summed E-state index contributed by atoms with van der Waals surface area (Å²) in [7, 11) is 0. The van der Waals surface area contributed by atoms with Crippen LogP contribution in [0.1, 0.15) is 59.8 Å². The van der Waals surface area contributed by atoms with Gasteiger partial charge >= 0.3 is 11.9 Å². The van der Waals surface area contributed by atoms with E-state index in [0.29, 0.717) is 24.8 Å². The minimum absolute atomic E-state index is 0.0405. The van der Waals surface area contributed by atoms with Crippen molar-refractivity contribution in [3.8, 4) is 0 Å². The maximum absolute atomic E-state index is 17.4. The fourth-order valence-corrected chi connectivity index (χ4v) is 8.38. The first kappa shape index (κ1) is 28.0. The molecule has 0 aromatic carbocycles. The molecule has 204 valence electrons. The molecule has 0 aromatic rings. The van der Waals surface area contributed by atoms with Crippen LogP contribution in [-0.2, 0) is 28.7 Å². The van der Waals surface area contributed by atoms with E-state index in [1.54, 1.807) is 26.2 Å². The van der Waals surface area contributed by atoms with Crippen LogP contribution in [0.5, 0.6) is 0 Å². The molecule has 0 unspecified atom stereocenters. The molecular formula is C28H37FO7S. The van der Waals surface area contributed by atoms with E-state index in [4.69, 9.17) is 9.47 Å². The van der Waals surface area contributed by atoms with Crippen LogP contribution in [0, 0.1) is 28.6 Å². The average Bonchev–Trinajstić information content (AvgIpc) is 3.06. The van der Waals surface area contributed by atoms with Gasteiger partial charge in [-0.2, -0.15) is 11.8 Å². The number of thioether (sulfide) groups is 1. The van der Waals surface area contributed by atoms with Gasteiger partial charge in [-0.05, 0) is 56.9 Å². The van der Waals surface area contributed by atoms with Gasteiger partial charge in [0.05, 0.1) is 11.9 Å². The Labute approximate surface area is 221 Å². The zero-order valence-corrected chi connectivity index (χ0v) is 23.0. The third-order valence-electron chi connectivity index (χ3n) is 9.79. The number of ether oxygens (including phenoxy) is 2. The smallest absolute Gasteiger partial charge is 0.316 e. The van der Waals surface area contributed by atoms with Crippen LogP contribution in [0.3, 0.4) is 0 Å². The number of ketones is 2. The van der Waals surface area contributed by atoms with Gasteiger partial charge in [0.2, 0.25) is 5.78 Å². The summed E-state index contributed by atoms with van der Waals surface area (Å²) in [5.41, 5.74) is -5.28. The number of carbonyl (C=O) groups is 4. The van der Waals surface area contributed by atoms with Gasteiger partial charge in [0.25, 0.3) is 0 Å². The van der Waals surface area contributed by atoms with Crippen molar-refractivity contribution >= 4 is 35.3 Å². The number of Topliss-reactive ketones (excluding diaryl/α,β-unsaturated/α-hetero) is 1. The number of aliphatic hydroxyl groups is 1. The number of alkyl halides is 1. The van der Waals surface area contributed by atoms with Crippen LogP contribution in [0.2, 0.25) is 0 Å². The molecule has 1 N–H and O–H groups in total. The van der Waals surface area contributed by atoms with Crippen LogP contribution in [0.15, 0.2) is 23.8 Å². The molecule has 8 atom stereocenters. The summed E-state index contributed by atoms with van der Waals surface area (Å²) < 4.78 is 28.6. The van der Waals surface area contributed by atoms with E-state index in [0.717, 1.165) is 0 Å². The second-order valence-electron chi connectivity index (χ2n) is 11.5. The largest absolute Gasteiger partial charge is 0.457 e. The molecule has 0 heterocycles. The van der Waals surface area contributed by atoms with Crippen molar-refractivity contribution in [3.63, 3.8) is 0 Å². The van der Waals surface area contributed by atoms with Crippen molar-refractivity contribution in [3.05, 3.63) is 23.8 Å². The third kappa shape index (κ3) is 3.86. The van der Waals surface area contributed by atoms with Crippen molar-refractivity contribution in [1.29, 1.82) is 0 Å². The maximum Gasteiger partial charge on any atom is 0.316 e. The Hall–Kier alpha value is -2.00. The fraction of sp³-hybridized carbons (Fsp3) is 0.714. The molecule has 0 amide bonds. The molecule has 7 nitrogen and oxygen atoms in total. The van der Waals surface area contributed by atoms with Crippen LogP contribution < -0.4 is 0 Å². The molecule has 0 aromatic heterocycles. The van der Waals surface area contributed by atoms with Crippen molar-refractivity contribution in [2.24, 2.45) is 28.6 Å². The van der Waals surface area contributed by atoms with Crippen LogP contribution in [0.25, 0.3) is 0 Å². The summed E-state index contributed by atoms with van der Waals surface area (Å²) in [6, 6.07) is 0. The number of rotatable bonds is 7. The maximum atomic E-state index is 17.4. The molecule has 3 fully saturated rings. The first-order chi connectivity index (χ1) is 17.3. The van der Waals surface area contributed by atoms with E-state index < -0.39 is 64.4 Å². The number of carbonyl (C=O) groups excluding carboxylic acids is 4.